The molecule has 2 aromatic carbocycles. The van der Waals surface area contributed by atoms with E-state index in [0.29, 0.717) is 22.7 Å². The van der Waals surface area contributed by atoms with Gasteiger partial charge in [-0.05, 0) is 49.2 Å². The summed E-state index contributed by atoms with van der Waals surface area (Å²) in [6.07, 6.45) is 0. The summed E-state index contributed by atoms with van der Waals surface area (Å²) >= 11 is 0. The third-order valence-corrected chi connectivity index (χ3v) is 4.19. The van der Waals surface area contributed by atoms with Crippen molar-refractivity contribution in [2.24, 2.45) is 0 Å². The predicted molar refractivity (Wildman–Crippen MR) is 107 cm³/mol. The molecule has 0 atom stereocenters. The Morgan fingerprint density at radius 2 is 1.62 bits per heavy atom. The Labute approximate surface area is 169 Å². The number of aryl methyl sites for hydroxylation is 2. The van der Waals surface area contributed by atoms with Gasteiger partial charge in [-0.3, -0.25) is 14.4 Å². The maximum absolute atomic E-state index is 12.1. The first-order valence-corrected chi connectivity index (χ1v) is 8.87. The molecule has 2 N–H and O–H groups in total. The molecule has 2 rings (SSSR count). The standard InChI is InChI=1S/C21H24N2O6/c1-13-5-6-15(9-14(13)2)21(26)22-11-20(25)29-12-19(24)23-16-7-8-17(27-3)18(10-16)28-4/h5-10H,11-12H2,1-4H3,(H,22,26)(H,23,24). The number of ether oxygens (including phenoxy) is 3. The van der Waals surface area contributed by atoms with Gasteiger partial charge in [0.2, 0.25) is 0 Å². The Hall–Kier alpha value is -3.55. The summed E-state index contributed by atoms with van der Waals surface area (Å²) in [5.41, 5.74) is 2.97. The zero-order chi connectivity index (χ0) is 21.4. The Kier molecular flexibility index (Phi) is 7.59. The van der Waals surface area contributed by atoms with Gasteiger partial charge in [0.15, 0.2) is 18.1 Å². The summed E-state index contributed by atoms with van der Waals surface area (Å²) in [6.45, 7) is 3.03. The molecule has 0 aliphatic rings. The highest BCUT2D eigenvalue weighted by Crippen LogP contribution is 2.29. The Balaban J connectivity index is 1.79. The normalized spacial score (nSPS) is 10.1. The van der Waals surface area contributed by atoms with Gasteiger partial charge in [0.05, 0.1) is 14.2 Å². The number of hydrogen-bond acceptors (Lipinski definition) is 6. The number of carbonyl (C=O) groups is 3. The number of hydrogen-bond donors (Lipinski definition) is 2. The van der Waals surface area contributed by atoms with Crippen LogP contribution in [0.2, 0.25) is 0 Å². The summed E-state index contributed by atoms with van der Waals surface area (Å²) in [5, 5.41) is 5.06. The highest BCUT2D eigenvalue weighted by molar-refractivity contribution is 5.97. The second kappa shape index (κ2) is 10.1. The Morgan fingerprint density at radius 1 is 0.897 bits per heavy atom. The first-order valence-electron chi connectivity index (χ1n) is 8.87. The van der Waals surface area contributed by atoms with Crippen molar-refractivity contribution in [3.8, 4) is 11.5 Å². The first kappa shape index (κ1) is 21.7. The molecule has 0 unspecified atom stereocenters. The van der Waals surface area contributed by atoms with Crippen LogP contribution in [0.15, 0.2) is 36.4 Å². The van der Waals surface area contributed by atoms with E-state index in [2.05, 4.69) is 10.6 Å². The minimum absolute atomic E-state index is 0.338. The van der Waals surface area contributed by atoms with Crippen LogP contribution < -0.4 is 20.1 Å². The molecular formula is C21H24N2O6. The van der Waals surface area contributed by atoms with Gasteiger partial charge in [-0.15, -0.1) is 0 Å². The molecule has 0 bridgehead atoms. The Bertz CT molecular complexity index is 910. The monoisotopic (exact) mass is 400 g/mol. The van der Waals surface area contributed by atoms with Crippen LogP contribution >= 0.6 is 0 Å². The van der Waals surface area contributed by atoms with Crippen LogP contribution in [0.25, 0.3) is 0 Å². The molecular weight excluding hydrogens is 376 g/mol. The highest BCUT2D eigenvalue weighted by atomic mass is 16.5. The molecule has 8 heteroatoms. The SMILES string of the molecule is COc1ccc(NC(=O)COC(=O)CNC(=O)c2ccc(C)c(C)c2)cc1OC. The zero-order valence-electron chi connectivity index (χ0n) is 16.8. The van der Waals surface area contributed by atoms with Crippen molar-refractivity contribution in [1.82, 2.24) is 5.32 Å². The number of amides is 2. The second-order valence-corrected chi connectivity index (χ2v) is 6.26. The molecule has 0 saturated carbocycles. The van der Waals surface area contributed by atoms with Crippen LogP contribution in [-0.2, 0) is 14.3 Å². The number of carbonyl (C=O) groups excluding carboxylic acids is 3. The number of rotatable bonds is 8. The van der Waals surface area contributed by atoms with Crippen molar-refractivity contribution in [2.75, 3.05) is 32.7 Å². The summed E-state index contributed by atoms with van der Waals surface area (Å²) in [6, 6.07) is 10.1. The van der Waals surface area contributed by atoms with Crippen molar-refractivity contribution >= 4 is 23.5 Å². The van der Waals surface area contributed by atoms with E-state index >= 15 is 0 Å². The van der Waals surface area contributed by atoms with E-state index in [1.165, 1.54) is 14.2 Å². The van der Waals surface area contributed by atoms with Gasteiger partial charge in [-0.1, -0.05) is 6.07 Å². The van der Waals surface area contributed by atoms with Gasteiger partial charge in [0.1, 0.15) is 6.54 Å². The fraction of sp³-hybridized carbons (Fsp3) is 0.286. The second-order valence-electron chi connectivity index (χ2n) is 6.26. The molecule has 0 radical (unpaired) electrons. The van der Waals surface area contributed by atoms with E-state index < -0.39 is 18.5 Å². The number of methoxy groups -OCH3 is 2. The largest absolute Gasteiger partial charge is 0.493 e. The van der Waals surface area contributed by atoms with Crippen molar-refractivity contribution in [2.45, 2.75) is 13.8 Å². The van der Waals surface area contributed by atoms with Crippen LogP contribution in [0, 0.1) is 13.8 Å². The number of anilines is 1. The summed E-state index contributed by atoms with van der Waals surface area (Å²) in [5.74, 6) is -0.650. The van der Waals surface area contributed by atoms with Crippen LogP contribution in [0.5, 0.6) is 11.5 Å². The van der Waals surface area contributed by atoms with E-state index in [-0.39, 0.29) is 12.5 Å². The van der Waals surface area contributed by atoms with Crippen LogP contribution in [0.1, 0.15) is 21.5 Å². The van der Waals surface area contributed by atoms with E-state index in [1.54, 1.807) is 30.3 Å². The van der Waals surface area contributed by atoms with Crippen molar-refractivity contribution in [3.05, 3.63) is 53.1 Å². The van der Waals surface area contributed by atoms with Crippen LogP contribution in [-0.4, -0.2) is 45.2 Å². The predicted octanol–water partition coefficient (Wildman–Crippen LogP) is 2.23. The van der Waals surface area contributed by atoms with Crippen LogP contribution in [0.4, 0.5) is 5.69 Å². The Morgan fingerprint density at radius 3 is 2.28 bits per heavy atom. The topological polar surface area (TPSA) is 103 Å². The van der Waals surface area contributed by atoms with Gasteiger partial charge < -0.3 is 24.8 Å². The maximum Gasteiger partial charge on any atom is 0.325 e. The average molecular weight is 400 g/mol. The smallest absolute Gasteiger partial charge is 0.325 e. The van der Waals surface area contributed by atoms with Gasteiger partial charge in [-0.2, -0.15) is 0 Å². The molecule has 0 saturated heterocycles. The molecule has 0 heterocycles. The lowest BCUT2D eigenvalue weighted by Gasteiger charge is -2.11. The minimum atomic E-state index is -0.718. The third kappa shape index (κ3) is 6.24. The molecule has 154 valence electrons. The molecule has 0 aromatic heterocycles. The molecule has 29 heavy (non-hydrogen) atoms. The van der Waals surface area contributed by atoms with Gasteiger partial charge >= 0.3 is 5.97 Å². The lowest BCUT2D eigenvalue weighted by Crippen LogP contribution is -2.32. The summed E-state index contributed by atoms with van der Waals surface area (Å²) in [7, 11) is 2.99. The minimum Gasteiger partial charge on any atom is -0.493 e. The third-order valence-electron chi connectivity index (χ3n) is 4.19. The molecule has 0 aliphatic carbocycles. The van der Waals surface area contributed by atoms with E-state index in [1.807, 2.05) is 19.9 Å². The van der Waals surface area contributed by atoms with Crippen molar-refractivity contribution in [3.63, 3.8) is 0 Å². The lowest BCUT2D eigenvalue weighted by atomic mass is 10.1. The van der Waals surface area contributed by atoms with E-state index in [9.17, 15) is 14.4 Å². The highest BCUT2D eigenvalue weighted by Gasteiger charge is 2.12. The van der Waals surface area contributed by atoms with Crippen LogP contribution in [0.3, 0.4) is 0 Å². The van der Waals surface area contributed by atoms with Gasteiger partial charge in [-0.25, -0.2) is 0 Å². The lowest BCUT2D eigenvalue weighted by molar-refractivity contribution is -0.146. The number of benzene rings is 2. The zero-order valence-corrected chi connectivity index (χ0v) is 16.8. The number of nitrogens with one attached hydrogen (secondary N) is 2. The van der Waals surface area contributed by atoms with Crippen molar-refractivity contribution < 1.29 is 28.6 Å². The quantitative estimate of drug-likeness (QED) is 0.659. The van der Waals surface area contributed by atoms with Gasteiger partial charge in [0, 0.05) is 17.3 Å². The number of esters is 1. The summed E-state index contributed by atoms with van der Waals surface area (Å²) in [4.78, 5) is 35.8. The maximum atomic E-state index is 12.1. The molecule has 0 aliphatic heterocycles. The van der Waals surface area contributed by atoms with E-state index in [0.717, 1.165) is 11.1 Å². The fourth-order valence-corrected chi connectivity index (χ4v) is 2.45. The average Bonchev–Trinajstić information content (AvgIpc) is 2.72. The summed E-state index contributed by atoms with van der Waals surface area (Å²) < 4.78 is 15.2. The van der Waals surface area contributed by atoms with E-state index in [4.69, 9.17) is 14.2 Å². The van der Waals surface area contributed by atoms with Gasteiger partial charge in [0.25, 0.3) is 11.8 Å². The molecule has 0 spiro atoms. The molecule has 8 nitrogen and oxygen atoms in total. The molecule has 2 amide bonds. The molecule has 2 aromatic rings. The first-order chi connectivity index (χ1) is 13.8. The van der Waals surface area contributed by atoms with Crippen molar-refractivity contribution in [1.29, 1.82) is 0 Å². The fourth-order valence-electron chi connectivity index (χ4n) is 2.45. The molecule has 0 fully saturated rings.